The Morgan fingerprint density at radius 1 is 1.12 bits per heavy atom. The molecule has 0 bridgehead atoms. The minimum atomic E-state index is -0.722. The number of nitrogens with zero attached hydrogens (tertiary/aromatic N) is 4. The number of nitriles is 1. The van der Waals surface area contributed by atoms with Crippen molar-refractivity contribution < 1.29 is 8.81 Å². The summed E-state index contributed by atoms with van der Waals surface area (Å²) in [5.41, 5.74) is -0.589. The maximum atomic E-state index is 14.0. The summed E-state index contributed by atoms with van der Waals surface area (Å²) >= 11 is 6.29. The highest BCUT2D eigenvalue weighted by molar-refractivity contribution is 6.33. The molecule has 0 aliphatic carbocycles. The van der Waals surface area contributed by atoms with Crippen LogP contribution in [0.2, 0.25) is 5.02 Å². The summed E-state index contributed by atoms with van der Waals surface area (Å²) in [7, 11) is 0. The zero-order valence-electron chi connectivity index (χ0n) is 17.0. The van der Waals surface area contributed by atoms with Gasteiger partial charge in [0, 0.05) is 35.1 Å². The Kier molecular flexibility index (Phi) is 5.04. The predicted octanol–water partition coefficient (Wildman–Crippen LogP) is 4.67. The van der Waals surface area contributed by atoms with E-state index in [2.05, 4.69) is 4.98 Å². The quantitative estimate of drug-likeness (QED) is 0.388. The number of rotatable bonds is 4. The van der Waals surface area contributed by atoms with Crippen LogP contribution in [0.1, 0.15) is 6.42 Å². The van der Waals surface area contributed by atoms with Crippen molar-refractivity contribution in [1.29, 1.82) is 5.26 Å². The minimum absolute atomic E-state index is 0.0279. The monoisotopic (exact) mass is 460 g/mol. The van der Waals surface area contributed by atoms with E-state index >= 15 is 0 Å². The van der Waals surface area contributed by atoms with Crippen LogP contribution in [-0.4, -0.2) is 14.1 Å². The Morgan fingerprint density at radius 3 is 2.73 bits per heavy atom. The zero-order chi connectivity index (χ0) is 23.1. The first-order valence-corrected chi connectivity index (χ1v) is 10.3. The smallest absolute Gasteiger partial charge is 0.336 e. The van der Waals surface area contributed by atoms with Crippen molar-refractivity contribution in [1.82, 2.24) is 14.1 Å². The minimum Gasteiger partial charge on any atom is -0.449 e. The van der Waals surface area contributed by atoms with E-state index in [1.54, 1.807) is 30.3 Å². The number of benzene rings is 2. The number of fused-ring (bicyclic) bond motifs is 2. The van der Waals surface area contributed by atoms with Crippen molar-refractivity contribution in [2.75, 3.05) is 0 Å². The molecule has 0 atom stereocenters. The molecule has 0 saturated carbocycles. The second kappa shape index (κ2) is 8.04. The number of hydrogen-bond donors (Lipinski definition) is 0. The largest absolute Gasteiger partial charge is 0.449 e. The van der Waals surface area contributed by atoms with Crippen LogP contribution in [0, 0.1) is 17.1 Å². The molecular formula is C24H14ClFN4O3. The van der Waals surface area contributed by atoms with Crippen molar-refractivity contribution in [3.63, 3.8) is 0 Å². The maximum Gasteiger partial charge on any atom is 0.336 e. The molecule has 3 aromatic heterocycles. The van der Waals surface area contributed by atoms with Gasteiger partial charge in [0.2, 0.25) is 5.58 Å². The lowest BCUT2D eigenvalue weighted by atomic mass is 10.1. The number of aromatic nitrogens is 3. The molecule has 33 heavy (non-hydrogen) atoms. The van der Waals surface area contributed by atoms with Gasteiger partial charge in [-0.05, 0) is 30.3 Å². The van der Waals surface area contributed by atoms with E-state index in [4.69, 9.17) is 21.3 Å². The van der Waals surface area contributed by atoms with Gasteiger partial charge in [0.1, 0.15) is 11.6 Å². The molecule has 0 radical (unpaired) electrons. The fourth-order valence-corrected chi connectivity index (χ4v) is 4.06. The van der Waals surface area contributed by atoms with Crippen LogP contribution < -0.4 is 11.2 Å². The Hall–Kier alpha value is -4.22. The van der Waals surface area contributed by atoms with Gasteiger partial charge in [0.05, 0.1) is 34.9 Å². The summed E-state index contributed by atoms with van der Waals surface area (Å²) < 4.78 is 22.1. The van der Waals surface area contributed by atoms with Crippen LogP contribution in [0.3, 0.4) is 0 Å². The Labute approximate surface area is 190 Å². The molecule has 3 heterocycles. The van der Waals surface area contributed by atoms with Crippen LogP contribution in [0.15, 0.2) is 74.9 Å². The number of aryl methyl sites for hydroxylation is 1. The molecule has 9 heteroatoms. The van der Waals surface area contributed by atoms with Crippen LogP contribution >= 0.6 is 11.6 Å². The molecule has 2 aromatic carbocycles. The molecule has 162 valence electrons. The molecule has 7 nitrogen and oxygen atoms in total. The first-order valence-electron chi connectivity index (χ1n) is 9.94. The summed E-state index contributed by atoms with van der Waals surface area (Å²) in [6.45, 7) is 0.0279. The van der Waals surface area contributed by atoms with Gasteiger partial charge in [-0.15, -0.1) is 0 Å². The molecular weight excluding hydrogens is 447 g/mol. The molecule has 0 saturated heterocycles. The third kappa shape index (κ3) is 3.39. The number of halogens is 2. The lowest BCUT2D eigenvalue weighted by Crippen LogP contribution is -2.38. The fourth-order valence-electron chi connectivity index (χ4n) is 3.83. The van der Waals surface area contributed by atoms with Crippen molar-refractivity contribution in [2.24, 2.45) is 0 Å². The normalized spacial score (nSPS) is 11.2. The first-order chi connectivity index (χ1) is 16.0. The van der Waals surface area contributed by atoms with Gasteiger partial charge in [-0.25, -0.2) is 13.8 Å². The second-order valence-electron chi connectivity index (χ2n) is 7.31. The summed E-state index contributed by atoms with van der Waals surface area (Å²) in [4.78, 5) is 31.1. The molecule has 0 unspecified atom stereocenters. The highest BCUT2D eigenvalue weighted by Crippen LogP contribution is 2.31. The van der Waals surface area contributed by atoms with Crippen molar-refractivity contribution >= 4 is 33.5 Å². The SMILES string of the molecule is N#CCCn1c(=O)n(-c2cncc3ccc(F)cc23)c(=O)c2oc(-c3ccccc3Cl)cc21. The lowest BCUT2D eigenvalue weighted by Gasteiger charge is -2.12. The molecule has 0 fully saturated rings. The Bertz CT molecular complexity index is 1710. The topological polar surface area (TPSA) is 93.8 Å². The van der Waals surface area contributed by atoms with E-state index in [0.29, 0.717) is 27.1 Å². The Morgan fingerprint density at radius 2 is 1.94 bits per heavy atom. The molecule has 0 aliphatic rings. The third-order valence-electron chi connectivity index (χ3n) is 5.35. The van der Waals surface area contributed by atoms with E-state index in [9.17, 15) is 14.0 Å². The molecule has 0 aliphatic heterocycles. The average Bonchev–Trinajstić information content (AvgIpc) is 3.25. The van der Waals surface area contributed by atoms with Gasteiger partial charge in [-0.1, -0.05) is 23.7 Å². The second-order valence-corrected chi connectivity index (χ2v) is 7.72. The van der Waals surface area contributed by atoms with Crippen LogP contribution in [0.5, 0.6) is 0 Å². The molecule has 5 aromatic rings. The van der Waals surface area contributed by atoms with Gasteiger partial charge in [0.25, 0.3) is 0 Å². The van der Waals surface area contributed by atoms with Gasteiger partial charge in [-0.2, -0.15) is 5.26 Å². The summed E-state index contributed by atoms with van der Waals surface area (Å²) in [5, 5.41) is 10.4. The first kappa shape index (κ1) is 20.7. The third-order valence-corrected chi connectivity index (χ3v) is 5.68. The molecule has 0 spiro atoms. The summed E-state index contributed by atoms with van der Waals surface area (Å²) in [5.74, 6) is -0.217. The van der Waals surface area contributed by atoms with E-state index in [1.807, 2.05) is 6.07 Å². The molecule has 0 amide bonds. The number of furan rings is 1. The summed E-state index contributed by atoms with van der Waals surface area (Å²) in [6, 6.07) is 14.5. The van der Waals surface area contributed by atoms with Crippen LogP contribution in [0.4, 0.5) is 4.39 Å². The van der Waals surface area contributed by atoms with Gasteiger partial charge in [-0.3, -0.25) is 14.3 Å². The van der Waals surface area contributed by atoms with Crippen molar-refractivity contribution in [3.8, 4) is 23.1 Å². The van der Waals surface area contributed by atoms with Crippen molar-refractivity contribution in [3.05, 3.63) is 92.6 Å². The van der Waals surface area contributed by atoms with E-state index in [-0.39, 0.29) is 29.8 Å². The Balaban J connectivity index is 1.88. The maximum absolute atomic E-state index is 14.0. The zero-order valence-corrected chi connectivity index (χ0v) is 17.7. The van der Waals surface area contributed by atoms with Gasteiger partial charge in [0.15, 0.2) is 0 Å². The van der Waals surface area contributed by atoms with E-state index in [0.717, 1.165) is 4.57 Å². The number of pyridine rings is 1. The predicted molar refractivity (Wildman–Crippen MR) is 122 cm³/mol. The van der Waals surface area contributed by atoms with Crippen LogP contribution in [0.25, 0.3) is 38.9 Å². The van der Waals surface area contributed by atoms with Gasteiger partial charge < -0.3 is 4.42 Å². The molecule has 5 rings (SSSR count). The van der Waals surface area contributed by atoms with Crippen molar-refractivity contribution in [2.45, 2.75) is 13.0 Å². The van der Waals surface area contributed by atoms with Gasteiger partial charge >= 0.3 is 11.2 Å². The number of hydrogen-bond acceptors (Lipinski definition) is 5. The highest BCUT2D eigenvalue weighted by Gasteiger charge is 2.21. The summed E-state index contributed by atoms with van der Waals surface area (Å²) in [6.07, 6.45) is 2.86. The standard InChI is InChI=1S/C24H14ClFN4O3/c25-18-5-2-1-4-16(18)21-11-19-22(33-21)23(31)30(24(32)29(19)9-3-8-27)20-13-28-12-14-6-7-15(26)10-17(14)20/h1-2,4-7,10-13H,3,9H2. The van der Waals surface area contributed by atoms with E-state index < -0.39 is 17.1 Å². The average molecular weight is 461 g/mol. The van der Waals surface area contributed by atoms with Crippen LogP contribution in [-0.2, 0) is 6.54 Å². The van der Waals surface area contributed by atoms with E-state index in [1.165, 1.54) is 35.2 Å². The fraction of sp³-hybridized carbons (Fsp3) is 0.0833. The molecule has 0 N–H and O–H groups in total. The highest BCUT2D eigenvalue weighted by atomic mass is 35.5. The lowest BCUT2D eigenvalue weighted by molar-refractivity contribution is 0.604.